The van der Waals surface area contributed by atoms with Gasteiger partial charge in [-0.05, 0) is 36.6 Å². The molecular formula is C19H21NO3. The number of ether oxygens (including phenoxy) is 1. The normalized spacial score (nSPS) is 11.6. The fourth-order valence-corrected chi connectivity index (χ4v) is 2.42. The van der Waals surface area contributed by atoms with Gasteiger partial charge in [-0.2, -0.15) is 0 Å². The van der Waals surface area contributed by atoms with Crippen molar-refractivity contribution in [3.63, 3.8) is 0 Å². The highest BCUT2D eigenvalue weighted by atomic mass is 16.5. The highest BCUT2D eigenvalue weighted by Crippen LogP contribution is 2.19. The van der Waals surface area contributed by atoms with Crippen LogP contribution < -0.4 is 5.32 Å². The fourth-order valence-electron chi connectivity index (χ4n) is 2.42. The number of hydrogen-bond donors (Lipinski definition) is 1. The van der Waals surface area contributed by atoms with E-state index >= 15 is 0 Å². The lowest BCUT2D eigenvalue weighted by molar-refractivity contribution is -0.141. The third kappa shape index (κ3) is 4.19. The second-order valence-corrected chi connectivity index (χ2v) is 5.46. The molecule has 0 aliphatic heterocycles. The van der Waals surface area contributed by atoms with Gasteiger partial charge in [0.1, 0.15) is 0 Å². The van der Waals surface area contributed by atoms with Crippen LogP contribution >= 0.6 is 0 Å². The Kier molecular flexibility index (Phi) is 5.52. The zero-order valence-electron chi connectivity index (χ0n) is 13.6. The van der Waals surface area contributed by atoms with Crippen molar-refractivity contribution in [3.05, 3.63) is 70.8 Å². The minimum absolute atomic E-state index is 0.0944. The van der Waals surface area contributed by atoms with Crippen LogP contribution in [0, 0.1) is 13.8 Å². The van der Waals surface area contributed by atoms with Crippen LogP contribution in [0.4, 0.5) is 0 Å². The van der Waals surface area contributed by atoms with Gasteiger partial charge in [0.05, 0.1) is 19.6 Å². The minimum atomic E-state index is -0.420. The number of carbonyl (C=O) groups excluding carboxylic acids is 2. The van der Waals surface area contributed by atoms with Crippen LogP contribution in [0.15, 0.2) is 48.5 Å². The molecule has 1 N–H and O–H groups in total. The number of benzene rings is 2. The SMILES string of the molecule is COC(=O)C[C@@H](NC(=O)c1cccc(C)c1C)c1ccccc1. The summed E-state index contributed by atoms with van der Waals surface area (Å²) >= 11 is 0. The van der Waals surface area contributed by atoms with E-state index in [1.165, 1.54) is 7.11 Å². The highest BCUT2D eigenvalue weighted by Gasteiger charge is 2.20. The van der Waals surface area contributed by atoms with E-state index in [1.54, 1.807) is 6.07 Å². The van der Waals surface area contributed by atoms with Gasteiger partial charge in [-0.3, -0.25) is 9.59 Å². The Balaban J connectivity index is 2.25. The number of rotatable bonds is 5. The molecule has 23 heavy (non-hydrogen) atoms. The Morgan fingerprint density at radius 1 is 1.04 bits per heavy atom. The van der Waals surface area contributed by atoms with E-state index in [2.05, 4.69) is 5.32 Å². The summed E-state index contributed by atoms with van der Waals surface area (Å²) in [5, 5.41) is 2.94. The maximum atomic E-state index is 12.6. The molecule has 2 rings (SSSR count). The van der Waals surface area contributed by atoms with Gasteiger partial charge in [-0.15, -0.1) is 0 Å². The smallest absolute Gasteiger partial charge is 0.307 e. The molecule has 0 saturated carbocycles. The Morgan fingerprint density at radius 2 is 1.74 bits per heavy atom. The van der Waals surface area contributed by atoms with Crippen molar-refractivity contribution in [2.45, 2.75) is 26.3 Å². The van der Waals surface area contributed by atoms with Crippen LogP contribution in [0.3, 0.4) is 0 Å². The zero-order chi connectivity index (χ0) is 16.8. The van der Waals surface area contributed by atoms with E-state index in [0.717, 1.165) is 16.7 Å². The lowest BCUT2D eigenvalue weighted by atomic mass is 10.0. The van der Waals surface area contributed by atoms with Gasteiger partial charge in [0.25, 0.3) is 5.91 Å². The molecule has 0 aliphatic rings. The summed E-state index contributed by atoms with van der Waals surface area (Å²) in [5.74, 6) is -0.552. The number of hydrogen-bond acceptors (Lipinski definition) is 3. The van der Waals surface area contributed by atoms with Crippen molar-refractivity contribution in [2.24, 2.45) is 0 Å². The molecule has 120 valence electrons. The summed E-state index contributed by atoms with van der Waals surface area (Å²) < 4.78 is 4.74. The summed E-state index contributed by atoms with van der Waals surface area (Å²) in [6.45, 7) is 3.89. The zero-order valence-corrected chi connectivity index (χ0v) is 13.6. The number of esters is 1. The van der Waals surface area contributed by atoms with Crippen molar-refractivity contribution < 1.29 is 14.3 Å². The summed E-state index contributed by atoms with van der Waals surface area (Å²) in [4.78, 5) is 24.3. The van der Waals surface area contributed by atoms with Crippen LogP contribution in [-0.2, 0) is 9.53 Å². The molecule has 1 atom stereocenters. The third-order valence-electron chi connectivity index (χ3n) is 3.95. The van der Waals surface area contributed by atoms with Crippen LogP contribution in [0.2, 0.25) is 0 Å². The summed E-state index contributed by atoms with van der Waals surface area (Å²) in [5.41, 5.74) is 3.49. The monoisotopic (exact) mass is 311 g/mol. The molecule has 0 spiro atoms. The van der Waals surface area contributed by atoms with Crippen LogP contribution in [0.1, 0.15) is 39.5 Å². The molecule has 0 saturated heterocycles. The van der Waals surface area contributed by atoms with Gasteiger partial charge in [-0.1, -0.05) is 42.5 Å². The lowest BCUT2D eigenvalue weighted by Gasteiger charge is -2.19. The number of nitrogens with one attached hydrogen (secondary N) is 1. The second-order valence-electron chi connectivity index (χ2n) is 5.46. The van der Waals surface area contributed by atoms with Gasteiger partial charge >= 0.3 is 5.97 Å². The molecule has 1 amide bonds. The first-order chi connectivity index (χ1) is 11.0. The summed E-state index contributed by atoms with van der Waals surface area (Å²) in [7, 11) is 1.34. The number of amides is 1. The molecule has 0 radical (unpaired) electrons. The van der Waals surface area contributed by atoms with Crippen molar-refractivity contribution in [1.29, 1.82) is 0 Å². The van der Waals surface area contributed by atoms with Crippen LogP contribution in [0.5, 0.6) is 0 Å². The minimum Gasteiger partial charge on any atom is -0.469 e. The molecule has 0 aromatic heterocycles. The number of carbonyl (C=O) groups is 2. The molecule has 0 bridgehead atoms. The average Bonchev–Trinajstić information content (AvgIpc) is 2.57. The van der Waals surface area contributed by atoms with Crippen molar-refractivity contribution in [3.8, 4) is 0 Å². The van der Waals surface area contributed by atoms with E-state index in [4.69, 9.17) is 4.74 Å². The van der Waals surface area contributed by atoms with E-state index in [0.29, 0.717) is 5.56 Å². The van der Waals surface area contributed by atoms with Crippen molar-refractivity contribution in [1.82, 2.24) is 5.32 Å². The van der Waals surface area contributed by atoms with Gasteiger partial charge in [0.2, 0.25) is 0 Å². The molecule has 4 heteroatoms. The molecule has 0 aliphatic carbocycles. The molecule has 0 heterocycles. The van der Waals surface area contributed by atoms with Crippen molar-refractivity contribution >= 4 is 11.9 Å². The topological polar surface area (TPSA) is 55.4 Å². The maximum Gasteiger partial charge on any atom is 0.307 e. The van der Waals surface area contributed by atoms with Crippen molar-refractivity contribution in [2.75, 3.05) is 7.11 Å². The summed E-state index contributed by atoms with van der Waals surface area (Å²) in [6.07, 6.45) is 0.0944. The highest BCUT2D eigenvalue weighted by molar-refractivity contribution is 5.96. The Morgan fingerprint density at radius 3 is 2.39 bits per heavy atom. The van der Waals surface area contributed by atoms with E-state index in [9.17, 15) is 9.59 Å². The van der Waals surface area contributed by atoms with Gasteiger partial charge in [0, 0.05) is 5.56 Å². The lowest BCUT2D eigenvalue weighted by Crippen LogP contribution is -2.31. The quantitative estimate of drug-likeness (QED) is 0.862. The first-order valence-corrected chi connectivity index (χ1v) is 7.51. The molecule has 4 nitrogen and oxygen atoms in total. The van der Waals surface area contributed by atoms with Crippen LogP contribution in [0.25, 0.3) is 0 Å². The predicted octanol–water partition coefficient (Wildman–Crippen LogP) is 3.34. The standard InChI is InChI=1S/C19H21NO3/c1-13-8-7-11-16(14(13)2)19(22)20-17(12-18(21)23-3)15-9-5-4-6-10-15/h4-11,17H,12H2,1-3H3,(H,20,22)/t17-/m1/s1. The fraction of sp³-hybridized carbons (Fsp3) is 0.263. The van der Waals surface area contributed by atoms with Gasteiger partial charge < -0.3 is 10.1 Å². The summed E-state index contributed by atoms with van der Waals surface area (Å²) in [6, 6.07) is 14.6. The van der Waals surface area contributed by atoms with E-state index < -0.39 is 6.04 Å². The molecule has 0 fully saturated rings. The number of aryl methyl sites for hydroxylation is 1. The van der Waals surface area contributed by atoms with E-state index in [-0.39, 0.29) is 18.3 Å². The average molecular weight is 311 g/mol. The number of methoxy groups -OCH3 is 1. The Labute approximate surface area is 136 Å². The maximum absolute atomic E-state index is 12.6. The molecule has 2 aromatic carbocycles. The van der Waals surface area contributed by atoms with Gasteiger partial charge in [-0.25, -0.2) is 0 Å². The molecule has 2 aromatic rings. The third-order valence-corrected chi connectivity index (χ3v) is 3.95. The molecule has 0 unspecified atom stereocenters. The Bertz CT molecular complexity index is 695. The largest absolute Gasteiger partial charge is 0.469 e. The first-order valence-electron chi connectivity index (χ1n) is 7.51. The Hall–Kier alpha value is -2.62. The predicted molar refractivity (Wildman–Crippen MR) is 89.2 cm³/mol. The molecular weight excluding hydrogens is 290 g/mol. The van der Waals surface area contributed by atoms with Crippen LogP contribution in [-0.4, -0.2) is 19.0 Å². The first kappa shape index (κ1) is 16.7. The van der Waals surface area contributed by atoms with E-state index in [1.807, 2.05) is 56.3 Å². The van der Waals surface area contributed by atoms with Gasteiger partial charge in [0.15, 0.2) is 0 Å². The second kappa shape index (κ2) is 7.58.